The smallest absolute Gasteiger partial charge is 0.357 e. The van der Waals surface area contributed by atoms with Crippen LogP contribution in [0.25, 0.3) is 11.0 Å². The number of fused-ring (bicyclic) bond motifs is 1. The van der Waals surface area contributed by atoms with E-state index >= 15 is 0 Å². The molecule has 0 aliphatic heterocycles. The summed E-state index contributed by atoms with van der Waals surface area (Å²) in [5.74, 6) is -1.21. The topological polar surface area (TPSA) is 89.8 Å². The summed E-state index contributed by atoms with van der Waals surface area (Å²) < 4.78 is 0. The zero-order chi connectivity index (χ0) is 10.1. The van der Waals surface area contributed by atoms with Gasteiger partial charge >= 0.3 is 5.97 Å². The summed E-state index contributed by atoms with van der Waals surface area (Å²) in [6, 6.07) is 7.15. The Bertz CT molecular complexity index is 483. The Labute approximate surface area is 78.9 Å². The molecule has 2 aromatic rings. The molecule has 70 valence electrons. The molecular weight excluding hydrogens is 182 g/mol. The largest absolute Gasteiger partial charge is 0.476 e. The first kappa shape index (κ1) is 8.43. The standard InChI is InChI=1S/C9H7N3O2/c10-7(9(13)14)8-11-5-3-1-2-4-6(5)12-8/h1-4,10H,(H,11,12)(H,13,14). The van der Waals surface area contributed by atoms with E-state index in [0.717, 1.165) is 5.52 Å². The quantitative estimate of drug-likeness (QED) is 0.616. The number of benzene rings is 1. The molecule has 0 fully saturated rings. The lowest BCUT2D eigenvalue weighted by molar-refractivity contribution is -0.129. The summed E-state index contributed by atoms with van der Waals surface area (Å²) in [7, 11) is 0. The molecule has 0 aliphatic carbocycles. The number of aromatic amines is 1. The van der Waals surface area contributed by atoms with E-state index in [9.17, 15) is 4.79 Å². The van der Waals surface area contributed by atoms with Crippen LogP contribution in [-0.4, -0.2) is 26.8 Å². The molecule has 0 saturated carbocycles. The molecule has 0 amide bonds. The van der Waals surface area contributed by atoms with Crippen LogP contribution in [-0.2, 0) is 4.79 Å². The summed E-state index contributed by atoms with van der Waals surface area (Å²) in [5.41, 5.74) is 0.864. The van der Waals surface area contributed by atoms with Crippen molar-refractivity contribution in [3.63, 3.8) is 0 Å². The van der Waals surface area contributed by atoms with Gasteiger partial charge in [0, 0.05) is 0 Å². The van der Waals surface area contributed by atoms with Crippen LogP contribution in [0.15, 0.2) is 24.3 Å². The van der Waals surface area contributed by atoms with Gasteiger partial charge in [-0.1, -0.05) is 12.1 Å². The van der Waals surface area contributed by atoms with Gasteiger partial charge in [-0.05, 0) is 12.1 Å². The fourth-order valence-corrected chi connectivity index (χ4v) is 1.17. The van der Waals surface area contributed by atoms with Crippen molar-refractivity contribution in [3.8, 4) is 0 Å². The summed E-state index contributed by atoms with van der Waals surface area (Å²) in [6.45, 7) is 0. The van der Waals surface area contributed by atoms with Crippen molar-refractivity contribution < 1.29 is 9.90 Å². The zero-order valence-electron chi connectivity index (χ0n) is 7.11. The van der Waals surface area contributed by atoms with Gasteiger partial charge in [-0.2, -0.15) is 0 Å². The number of carbonyl (C=O) groups is 1. The third-order valence-electron chi connectivity index (χ3n) is 1.84. The molecule has 0 spiro atoms. The minimum absolute atomic E-state index is 0.0821. The molecule has 5 nitrogen and oxygen atoms in total. The second-order valence-corrected chi connectivity index (χ2v) is 2.78. The molecule has 5 heteroatoms. The van der Waals surface area contributed by atoms with E-state index in [1.54, 1.807) is 18.2 Å². The number of nitrogens with one attached hydrogen (secondary N) is 2. The second-order valence-electron chi connectivity index (χ2n) is 2.78. The number of imidazole rings is 1. The van der Waals surface area contributed by atoms with Crippen LogP contribution in [0.3, 0.4) is 0 Å². The van der Waals surface area contributed by atoms with Gasteiger partial charge in [0.15, 0.2) is 11.5 Å². The highest BCUT2D eigenvalue weighted by molar-refractivity contribution is 6.40. The van der Waals surface area contributed by atoms with Crippen LogP contribution in [0.1, 0.15) is 5.82 Å². The van der Waals surface area contributed by atoms with Crippen LogP contribution in [0.4, 0.5) is 0 Å². The maximum atomic E-state index is 10.5. The minimum atomic E-state index is -1.29. The van der Waals surface area contributed by atoms with Crippen molar-refractivity contribution in [1.82, 2.24) is 9.97 Å². The first-order chi connectivity index (χ1) is 6.68. The van der Waals surface area contributed by atoms with Gasteiger partial charge in [0.25, 0.3) is 0 Å². The van der Waals surface area contributed by atoms with Crippen molar-refractivity contribution in [1.29, 1.82) is 5.41 Å². The SMILES string of the molecule is N=C(C(=O)O)c1nc2ccccc2[nH]1. The number of rotatable bonds is 2. The lowest BCUT2D eigenvalue weighted by Gasteiger charge is -1.89. The van der Waals surface area contributed by atoms with Gasteiger partial charge in [0.05, 0.1) is 11.0 Å². The van der Waals surface area contributed by atoms with E-state index in [1.807, 2.05) is 6.07 Å². The lowest BCUT2D eigenvalue weighted by atomic mass is 10.3. The molecule has 2 rings (SSSR count). The third kappa shape index (κ3) is 1.24. The van der Waals surface area contributed by atoms with Gasteiger partial charge in [-0.3, -0.25) is 5.41 Å². The Kier molecular flexibility index (Phi) is 1.78. The first-order valence-corrected chi connectivity index (χ1v) is 3.95. The minimum Gasteiger partial charge on any atom is -0.476 e. The molecule has 1 aromatic heterocycles. The van der Waals surface area contributed by atoms with Crippen LogP contribution in [0.5, 0.6) is 0 Å². The Morgan fingerprint density at radius 3 is 2.79 bits per heavy atom. The molecule has 1 aromatic carbocycles. The van der Waals surface area contributed by atoms with Crippen LogP contribution < -0.4 is 0 Å². The van der Waals surface area contributed by atoms with E-state index in [1.165, 1.54) is 0 Å². The Balaban J connectivity index is 2.55. The van der Waals surface area contributed by atoms with E-state index in [-0.39, 0.29) is 5.82 Å². The van der Waals surface area contributed by atoms with Crippen LogP contribution in [0, 0.1) is 5.41 Å². The number of nitrogens with zero attached hydrogens (tertiary/aromatic N) is 1. The highest BCUT2D eigenvalue weighted by atomic mass is 16.4. The molecule has 1 heterocycles. The average molecular weight is 189 g/mol. The van der Waals surface area contributed by atoms with E-state index in [0.29, 0.717) is 5.52 Å². The first-order valence-electron chi connectivity index (χ1n) is 3.95. The van der Waals surface area contributed by atoms with Crippen molar-refractivity contribution in [2.24, 2.45) is 0 Å². The molecule has 0 bridgehead atoms. The third-order valence-corrected chi connectivity index (χ3v) is 1.84. The van der Waals surface area contributed by atoms with Gasteiger partial charge in [-0.15, -0.1) is 0 Å². The van der Waals surface area contributed by atoms with E-state index < -0.39 is 11.7 Å². The van der Waals surface area contributed by atoms with Crippen molar-refractivity contribution in [2.45, 2.75) is 0 Å². The van der Waals surface area contributed by atoms with Gasteiger partial charge in [0.2, 0.25) is 0 Å². The number of carboxylic acid groups (broad SMARTS) is 1. The maximum Gasteiger partial charge on any atom is 0.357 e. The van der Waals surface area contributed by atoms with Gasteiger partial charge in [-0.25, -0.2) is 9.78 Å². The fraction of sp³-hybridized carbons (Fsp3) is 0. The Morgan fingerprint density at radius 2 is 2.14 bits per heavy atom. The number of H-pyrrole nitrogens is 1. The second kappa shape index (κ2) is 2.95. The zero-order valence-corrected chi connectivity index (χ0v) is 7.11. The average Bonchev–Trinajstić information content (AvgIpc) is 2.59. The molecule has 0 saturated heterocycles. The summed E-state index contributed by atoms with van der Waals surface area (Å²) in [4.78, 5) is 17.2. The van der Waals surface area contributed by atoms with Crippen molar-refractivity contribution >= 4 is 22.7 Å². The molecular formula is C9H7N3O2. The maximum absolute atomic E-state index is 10.5. The summed E-state index contributed by atoms with van der Waals surface area (Å²) >= 11 is 0. The molecule has 3 N–H and O–H groups in total. The number of hydrogen-bond acceptors (Lipinski definition) is 3. The predicted molar refractivity (Wildman–Crippen MR) is 50.6 cm³/mol. The molecule has 0 unspecified atom stereocenters. The van der Waals surface area contributed by atoms with Crippen molar-refractivity contribution in [3.05, 3.63) is 30.1 Å². The van der Waals surface area contributed by atoms with Crippen LogP contribution in [0.2, 0.25) is 0 Å². The van der Waals surface area contributed by atoms with E-state index in [2.05, 4.69) is 9.97 Å². The molecule has 0 aliphatic rings. The highest BCUT2D eigenvalue weighted by Crippen LogP contribution is 2.10. The number of carboxylic acids is 1. The number of hydrogen-bond donors (Lipinski definition) is 3. The molecule has 0 radical (unpaired) electrons. The fourth-order valence-electron chi connectivity index (χ4n) is 1.17. The molecule has 0 atom stereocenters. The number of aliphatic carboxylic acids is 1. The van der Waals surface area contributed by atoms with Gasteiger partial charge in [0.1, 0.15) is 0 Å². The Morgan fingerprint density at radius 1 is 1.43 bits per heavy atom. The number of para-hydroxylation sites is 2. The summed E-state index contributed by atoms with van der Waals surface area (Å²) in [5, 5.41) is 15.8. The molecule has 14 heavy (non-hydrogen) atoms. The van der Waals surface area contributed by atoms with E-state index in [4.69, 9.17) is 10.5 Å². The number of aromatic nitrogens is 2. The lowest BCUT2D eigenvalue weighted by Crippen LogP contribution is -2.14. The normalized spacial score (nSPS) is 10.3. The predicted octanol–water partition coefficient (Wildman–Crippen LogP) is 1.02. The highest BCUT2D eigenvalue weighted by Gasteiger charge is 2.13. The van der Waals surface area contributed by atoms with Crippen molar-refractivity contribution in [2.75, 3.05) is 0 Å². The Hall–Kier alpha value is -2.17. The van der Waals surface area contributed by atoms with Gasteiger partial charge < -0.3 is 10.1 Å². The van der Waals surface area contributed by atoms with Crippen LogP contribution >= 0.6 is 0 Å². The summed E-state index contributed by atoms with van der Waals surface area (Å²) in [6.07, 6.45) is 0. The monoisotopic (exact) mass is 189 g/mol.